The van der Waals surface area contributed by atoms with Gasteiger partial charge < -0.3 is 16.0 Å². The van der Waals surface area contributed by atoms with Gasteiger partial charge in [0.05, 0.1) is 27.5 Å². The number of nitrogens with two attached hydrogens (primary N) is 1. The Labute approximate surface area is 245 Å². The maximum Gasteiger partial charge on any atom is 0.261 e. The maximum absolute atomic E-state index is 14.0. The van der Waals surface area contributed by atoms with E-state index in [0.29, 0.717) is 75.7 Å². The Bertz CT molecular complexity index is 2140. The highest BCUT2D eigenvalue weighted by Gasteiger charge is 2.32. The molecule has 6 aromatic rings. The van der Waals surface area contributed by atoms with Gasteiger partial charge in [0.15, 0.2) is 5.43 Å². The van der Waals surface area contributed by atoms with Crippen LogP contribution in [0.15, 0.2) is 71.8 Å². The van der Waals surface area contributed by atoms with Gasteiger partial charge in [0.2, 0.25) is 0 Å². The number of carbonyl (C=O) groups is 2. The monoisotopic (exact) mass is 576 g/mol. The topological polar surface area (TPSA) is 113 Å². The summed E-state index contributed by atoms with van der Waals surface area (Å²) in [6.07, 6.45) is 3.09. The Morgan fingerprint density at radius 2 is 1.74 bits per heavy atom. The van der Waals surface area contributed by atoms with Crippen LogP contribution in [0.25, 0.3) is 38.1 Å². The molecule has 0 fully saturated rings. The SMILES string of the molecule is CN(CCCNc1ccc2ncn3c4ccc(F)cc4c(=O)c1c23)CCCN1C(=O)c2cccc3cc(N)cc(c23)C1=O. The van der Waals surface area contributed by atoms with Gasteiger partial charge in [-0.1, -0.05) is 12.1 Å². The lowest BCUT2D eigenvalue weighted by atomic mass is 9.93. The number of nitrogens with one attached hydrogen (secondary N) is 1. The van der Waals surface area contributed by atoms with Gasteiger partial charge >= 0.3 is 0 Å². The molecule has 0 unspecified atom stereocenters. The molecule has 9 nitrogen and oxygen atoms in total. The molecule has 0 atom stereocenters. The smallest absolute Gasteiger partial charge is 0.261 e. The Morgan fingerprint density at radius 3 is 2.60 bits per heavy atom. The number of imide groups is 1. The highest BCUT2D eigenvalue weighted by molar-refractivity contribution is 6.25. The molecule has 0 saturated carbocycles. The molecule has 3 N–H and O–H groups in total. The van der Waals surface area contributed by atoms with Crippen molar-refractivity contribution >= 4 is 61.3 Å². The van der Waals surface area contributed by atoms with Crippen molar-refractivity contribution < 1.29 is 14.0 Å². The second-order valence-corrected chi connectivity index (χ2v) is 11.1. The van der Waals surface area contributed by atoms with E-state index in [9.17, 15) is 18.8 Å². The quantitative estimate of drug-likeness (QED) is 0.111. The van der Waals surface area contributed by atoms with Crippen LogP contribution in [-0.2, 0) is 0 Å². The van der Waals surface area contributed by atoms with Crippen molar-refractivity contribution in [1.29, 1.82) is 0 Å². The van der Waals surface area contributed by atoms with Crippen LogP contribution in [0.4, 0.5) is 15.8 Å². The van der Waals surface area contributed by atoms with Crippen LogP contribution in [0.2, 0.25) is 0 Å². The van der Waals surface area contributed by atoms with Gasteiger partial charge in [0.25, 0.3) is 11.8 Å². The summed E-state index contributed by atoms with van der Waals surface area (Å²) in [5, 5.41) is 5.66. The molecule has 1 aliphatic rings. The highest BCUT2D eigenvalue weighted by atomic mass is 19.1. The van der Waals surface area contributed by atoms with Crippen molar-refractivity contribution in [2.45, 2.75) is 12.8 Å². The number of fused-ring (bicyclic) bond motifs is 2. The molecular weight excluding hydrogens is 547 g/mol. The number of nitrogens with zero attached hydrogens (tertiary/aromatic N) is 4. The van der Waals surface area contributed by atoms with Gasteiger partial charge in [0, 0.05) is 40.8 Å². The van der Waals surface area contributed by atoms with Crippen LogP contribution in [0.3, 0.4) is 0 Å². The second kappa shape index (κ2) is 10.3. The van der Waals surface area contributed by atoms with Crippen LogP contribution in [0.1, 0.15) is 33.6 Å². The summed E-state index contributed by atoms with van der Waals surface area (Å²) in [6, 6.07) is 16.8. The van der Waals surface area contributed by atoms with Gasteiger partial charge in [-0.15, -0.1) is 0 Å². The second-order valence-electron chi connectivity index (χ2n) is 11.1. The molecule has 216 valence electrons. The van der Waals surface area contributed by atoms with E-state index in [1.54, 1.807) is 30.6 Å². The molecule has 3 heterocycles. The fourth-order valence-corrected chi connectivity index (χ4v) is 6.27. The van der Waals surface area contributed by atoms with Gasteiger partial charge in [-0.2, -0.15) is 0 Å². The number of carbonyl (C=O) groups excluding carboxylic acids is 2. The lowest BCUT2D eigenvalue weighted by Gasteiger charge is -2.28. The first-order chi connectivity index (χ1) is 20.8. The predicted octanol–water partition coefficient (Wildman–Crippen LogP) is 4.73. The lowest BCUT2D eigenvalue weighted by Crippen LogP contribution is -2.41. The predicted molar refractivity (Wildman–Crippen MR) is 167 cm³/mol. The lowest BCUT2D eigenvalue weighted by molar-refractivity contribution is 0.0605. The van der Waals surface area contributed by atoms with E-state index in [2.05, 4.69) is 15.2 Å². The van der Waals surface area contributed by atoms with E-state index in [1.165, 1.54) is 17.0 Å². The van der Waals surface area contributed by atoms with Crippen molar-refractivity contribution in [2.75, 3.05) is 44.3 Å². The Kier molecular flexibility index (Phi) is 6.43. The molecule has 4 aromatic carbocycles. The van der Waals surface area contributed by atoms with Gasteiger partial charge in [-0.25, -0.2) is 9.37 Å². The summed E-state index contributed by atoms with van der Waals surface area (Å²) in [6.45, 7) is 2.39. The van der Waals surface area contributed by atoms with Crippen LogP contribution < -0.4 is 16.5 Å². The Hall–Kier alpha value is -5.09. The zero-order valence-electron chi connectivity index (χ0n) is 23.6. The summed E-state index contributed by atoms with van der Waals surface area (Å²) in [5.74, 6) is -1.04. The standard InChI is InChI=1S/C33H29FN6O3/c1-38(13-4-14-39-32(42)22-6-2-5-19-15-21(35)17-24(28(19)22)33(39)43)12-3-11-36-25-8-9-26-30-29(25)31(41)23-16-20(34)7-10-27(23)40(30)18-37-26/h2,5-10,15-18,36H,3-4,11-14,35H2,1H3. The minimum absolute atomic E-state index is 0.226. The normalized spacial score (nSPS) is 13.4. The average Bonchev–Trinajstić information content (AvgIpc) is 3.43. The molecular formula is C33H29FN6O3. The molecule has 0 radical (unpaired) electrons. The van der Waals surface area contributed by atoms with Crippen LogP contribution in [0.5, 0.6) is 0 Å². The molecule has 0 aliphatic carbocycles. The van der Waals surface area contributed by atoms with E-state index in [0.717, 1.165) is 23.9 Å². The van der Waals surface area contributed by atoms with E-state index in [1.807, 2.05) is 35.7 Å². The molecule has 43 heavy (non-hydrogen) atoms. The van der Waals surface area contributed by atoms with Gasteiger partial charge in [0.1, 0.15) is 12.1 Å². The number of nitrogen functional groups attached to an aromatic ring is 1. The number of rotatable bonds is 9. The molecule has 10 heteroatoms. The van der Waals surface area contributed by atoms with E-state index < -0.39 is 5.82 Å². The minimum atomic E-state index is -0.457. The zero-order chi connectivity index (χ0) is 29.8. The first kappa shape index (κ1) is 26.8. The fraction of sp³-hybridized carbons (Fsp3) is 0.212. The van der Waals surface area contributed by atoms with E-state index in [-0.39, 0.29) is 17.2 Å². The van der Waals surface area contributed by atoms with Gasteiger partial charge in [-0.3, -0.25) is 23.7 Å². The molecule has 0 spiro atoms. The van der Waals surface area contributed by atoms with Crippen LogP contribution >= 0.6 is 0 Å². The van der Waals surface area contributed by atoms with Crippen molar-refractivity contribution in [3.8, 4) is 0 Å². The maximum atomic E-state index is 14.0. The van der Waals surface area contributed by atoms with E-state index in [4.69, 9.17) is 5.73 Å². The molecule has 2 aromatic heterocycles. The summed E-state index contributed by atoms with van der Waals surface area (Å²) in [4.78, 5) is 47.7. The number of halogens is 1. The Morgan fingerprint density at radius 1 is 0.930 bits per heavy atom. The van der Waals surface area contributed by atoms with Crippen molar-refractivity contribution in [1.82, 2.24) is 19.2 Å². The van der Waals surface area contributed by atoms with Crippen LogP contribution in [-0.4, -0.2) is 64.2 Å². The number of imidazole rings is 1. The minimum Gasteiger partial charge on any atom is -0.399 e. The van der Waals surface area contributed by atoms with Crippen molar-refractivity contribution in [3.05, 3.63) is 94.2 Å². The van der Waals surface area contributed by atoms with Gasteiger partial charge in [-0.05, 0) is 86.9 Å². The molecule has 7 rings (SSSR count). The third kappa shape index (κ3) is 4.42. The molecule has 0 bridgehead atoms. The van der Waals surface area contributed by atoms with Crippen LogP contribution in [0, 0.1) is 5.82 Å². The largest absolute Gasteiger partial charge is 0.399 e. The van der Waals surface area contributed by atoms with Crippen molar-refractivity contribution in [2.24, 2.45) is 0 Å². The summed E-state index contributed by atoms with van der Waals surface area (Å²) in [7, 11) is 2.00. The number of anilines is 2. The number of benzene rings is 4. The first-order valence-corrected chi connectivity index (χ1v) is 14.3. The highest BCUT2D eigenvalue weighted by Crippen LogP contribution is 2.32. The first-order valence-electron chi connectivity index (χ1n) is 14.3. The number of aromatic nitrogens is 2. The van der Waals surface area contributed by atoms with E-state index >= 15 is 0 Å². The van der Waals surface area contributed by atoms with Crippen molar-refractivity contribution in [3.63, 3.8) is 0 Å². The molecule has 1 aliphatic heterocycles. The zero-order valence-corrected chi connectivity index (χ0v) is 23.6. The fourth-order valence-electron chi connectivity index (χ4n) is 6.27. The summed E-state index contributed by atoms with van der Waals surface area (Å²) < 4.78 is 15.8. The average molecular weight is 577 g/mol. The third-order valence-electron chi connectivity index (χ3n) is 8.30. The number of amides is 2. The Balaban J connectivity index is 0.978. The summed E-state index contributed by atoms with van der Waals surface area (Å²) in [5.41, 5.74) is 10.0. The third-order valence-corrected chi connectivity index (χ3v) is 8.30. The summed E-state index contributed by atoms with van der Waals surface area (Å²) >= 11 is 0. The number of hydrogen-bond donors (Lipinski definition) is 2. The number of pyridine rings is 1. The molecule has 0 saturated heterocycles. The number of hydrogen-bond acceptors (Lipinski definition) is 7. The molecule has 2 amide bonds.